The van der Waals surface area contributed by atoms with Crippen LogP contribution in [0, 0.1) is 12.7 Å². The summed E-state index contributed by atoms with van der Waals surface area (Å²) in [5.41, 5.74) is 1.54. The molecule has 21 heavy (non-hydrogen) atoms. The summed E-state index contributed by atoms with van der Waals surface area (Å²) in [7, 11) is 0. The predicted molar refractivity (Wildman–Crippen MR) is 78.0 cm³/mol. The van der Waals surface area contributed by atoms with Crippen molar-refractivity contribution in [2.24, 2.45) is 0 Å². The third-order valence-corrected chi connectivity index (χ3v) is 3.41. The maximum absolute atomic E-state index is 13.5. The fourth-order valence-electron chi connectivity index (χ4n) is 2.56. The fraction of sp³-hybridized carbons (Fsp3) is 0.375. The Bertz CT molecular complexity index is 716. The van der Waals surface area contributed by atoms with Gasteiger partial charge in [-0.05, 0) is 51.5 Å². The number of carbonyl (C=O) groups excluding carboxylic acids is 2. The molecule has 2 aromatic rings. The first-order valence-corrected chi connectivity index (χ1v) is 6.90. The molecule has 0 saturated heterocycles. The molecule has 0 saturated carbocycles. The smallest absolute Gasteiger partial charge is 0.381 e. The molecular weight excluding hydrogens is 273 g/mol. The first-order chi connectivity index (χ1) is 9.88. The lowest BCUT2D eigenvalue weighted by molar-refractivity contribution is -0.137. The summed E-state index contributed by atoms with van der Waals surface area (Å²) in [6.45, 7) is 7.30. The molecule has 0 unspecified atom stereocenters. The normalized spacial score (nSPS) is 11.1. The number of hydrogen-bond acceptors (Lipinski definition) is 3. The number of rotatable bonds is 4. The first-order valence-electron chi connectivity index (χ1n) is 6.90. The molecule has 0 amide bonds. The summed E-state index contributed by atoms with van der Waals surface area (Å²) >= 11 is 0. The number of ketones is 1. The lowest BCUT2D eigenvalue weighted by Crippen LogP contribution is -2.22. The van der Waals surface area contributed by atoms with E-state index in [1.54, 1.807) is 24.5 Å². The summed E-state index contributed by atoms with van der Waals surface area (Å²) in [6, 6.07) is 4.26. The maximum atomic E-state index is 13.5. The number of Topliss-reactive ketones (excluding diaryl/α,β-unsaturated/α-hetero) is 1. The molecule has 0 N–H and O–H groups in total. The highest BCUT2D eigenvalue weighted by molar-refractivity contribution is 6.41. The van der Waals surface area contributed by atoms with Gasteiger partial charge in [-0.2, -0.15) is 0 Å². The highest BCUT2D eigenvalue weighted by Gasteiger charge is 2.27. The Balaban J connectivity index is 2.73. The molecule has 112 valence electrons. The van der Waals surface area contributed by atoms with Crippen molar-refractivity contribution in [3.63, 3.8) is 0 Å². The minimum absolute atomic E-state index is 0.0867. The standard InChI is InChI=1S/C16H18FNO3/c1-5-21-16(20)15(19)14-10(4)12-7-6-11(17)8-13(12)18(14)9(2)3/h6-9H,5H2,1-4H3. The summed E-state index contributed by atoms with van der Waals surface area (Å²) in [4.78, 5) is 24.1. The van der Waals surface area contributed by atoms with Crippen LogP contribution in [0.4, 0.5) is 4.39 Å². The molecule has 0 spiro atoms. The molecule has 5 heteroatoms. The second-order valence-electron chi connectivity index (χ2n) is 5.15. The minimum atomic E-state index is -0.884. The number of aromatic nitrogens is 1. The maximum Gasteiger partial charge on any atom is 0.381 e. The zero-order valence-electron chi connectivity index (χ0n) is 12.6. The van der Waals surface area contributed by atoms with E-state index >= 15 is 0 Å². The Morgan fingerprint density at radius 2 is 2.00 bits per heavy atom. The van der Waals surface area contributed by atoms with Crippen LogP contribution < -0.4 is 0 Å². The number of ether oxygens (including phenoxy) is 1. The van der Waals surface area contributed by atoms with Crippen molar-refractivity contribution in [3.8, 4) is 0 Å². The van der Waals surface area contributed by atoms with Crippen molar-refractivity contribution in [2.75, 3.05) is 6.61 Å². The predicted octanol–water partition coefficient (Wildman–Crippen LogP) is 3.42. The zero-order chi connectivity index (χ0) is 15.7. The van der Waals surface area contributed by atoms with Gasteiger partial charge in [0.15, 0.2) is 0 Å². The van der Waals surface area contributed by atoms with E-state index in [4.69, 9.17) is 4.74 Å². The third kappa shape index (κ3) is 2.55. The topological polar surface area (TPSA) is 48.3 Å². The lowest BCUT2D eigenvalue weighted by atomic mass is 10.1. The number of fused-ring (bicyclic) bond motifs is 1. The molecule has 0 fully saturated rings. The number of halogens is 1. The van der Waals surface area contributed by atoms with Crippen LogP contribution in [0.5, 0.6) is 0 Å². The number of carbonyl (C=O) groups is 2. The van der Waals surface area contributed by atoms with Crippen LogP contribution in [-0.2, 0) is 9.53 Å². The van der Waals surface area contributed by atoms with Crippen molar-refractivity contribution in [3.05, 3.63) is 35.3 Å². The van der Waals surface area contributed by atoms with Gasteiger partial charge in [-0.15, -0.1) is 0 Å². The largest absolute Gasteiger partial charge is 0.460 e. The van der Waals surface area contributed by atoms with Crippen molar-refractivity contribution in [2.45, 2.75) is 33.7 Å². The van der Waals surface area contributed by atoms with Gasteiger partial charge >= 0.3 is 5.97 Å². The third-order valence-electron chi connectivity index (χ3n) is 3.41. The minimum Gasteiger partial charge on any atom is -0.460 e. The Morgan fingerprint density at radius 1 is 1.33 bits per heavy atom. The van der Waals surface area contributed by atoms with E-state index in [1.807, 2.05) is 13.8 Å². The molecule has 0 radical (unpaired) electrons. The fourth-order valence-corrected chi connectivity index (χ4v) is 2.56. The summed E-state index contributed by atoms with van der Waals surface area (Å²) < 4.78 is 20.0. The van der Waals surface area contributed by atoms with Gasteiger partial charge in [-0.1, -0.05) is 0 Å². The van der Waals surface area contributed by atoms with E-state index in [1.165, 1.54) is 12.1 Å². The monoisotopic (exact) mass is 291 g/mol. The Kier molecular flexibility index (Phi) is 4.11. The van der Waals surface area contributed by atoms with Crippen LogP contribution in [0.25, 0.3) is 10.9 Å². The van der Waals surface area contributed by atoms with E-state index in [0.29, 0.717) is 11.1 Å². The van der Waals surface area contributed by atoms with E-state index < -0.39 is 11.8 Å². The highest BCUT2D eigenvalue weighted by Crippen LogP contribution is 2.30. The van der Waals surface area contributed by atoms with Crippen LogP contribution in [0.15, 0.2) is 18.2 Å². The quantitative estimate of drug-likeness (QED) is 0.492. The Morgan fingerprint density at radius 3 is 2.57 bits per heavy atom. The highest BCUT2D eigenvalue weighted by atomic mass is 19.1. The molecule has 2 rings (SSSR count). The molecule has 0 aliphatic rings. The van der Waals surface area contributed by atoms with Crippen LogP contribution in [-0.4, -0.2) is 22.9 Å². The molecule has 1 aromatic carbocycles. The zero-order valence-corrected chi connectivity index (χ0v) is 12.6. The summed E-state index contributed by atoms with van der Waals surface area (Å²) in [5.74, 6) is -1.96. The molecular formula is C16H18FNO3. The second kappa shape index (κ2) is 5.68. The van der Waals surface area contributed by atoms with Crippen molar-refractivity contribution in [1.29, 1.82) is 0 Å². The average Bonchev–Trinajstić information content (AvgIpc) is 2.70. The van der Waals surface area contributed by atoms with Crippen LogP contribution in [0.2, 0.25) is 0 Å². The Labute approximate surface area is 122 Å². The van der Waals surface area contributed by atoms with Crippen molar-refractivity contribution >= 4 is 22.7 Å². The number of benzene rings is 1. The molecule has 0 atom stereocenters. The average molecular weight is 291 g/mol. The molecule has 4 nitrogen and oxygen atoms in total. The van der Waals surface area contributed by atoms with Gasteiger partial charge in [0.2, 0.25) is 0 Å². The van der Waals surface area contributed by atoms with E-state index in [2.05, 4.69) is 0 Å². The number of esters is 1. The molecule has 1 aromatic heterocycles. The van der Waals surface area contributed by atoms with Gasteiger partial charge in [0.25, 0.3) is 5.78 Å². The van der Waals surface area contributed by atoms with Crippen LogP contribution >= 0.6 is 0 Å². The van der Waals surface area contributed by atoms with Gasteiger partial charge < -0.3 is 9.30 Å². The van der Waals surface area contributed by atoms with Gasteiger partial charge in [0, 0.05) is 11.4 Å². The van der Waals surface area contributed by atoms with E-state index in [9.17, 15) is 14.0 Å². The van der Waals surface area contributed by atoms with Crippen LogP contribution in [0.3, 0.4) is 0 Å². The number of nitrogens with zero attached hydrogens (tertiary/aromatic N) is 1. The van der Waals surface area contributed by atoms with Gasteiger partial charge in [0.05, 0.1) is 12.1 Å². The molecule has 0 aliphatic carbocycles. The van der Waals surface area contributed by atoms with Crippen LogP contribution in [0.1, 0.15) is 42.9 Å². The SMILES string of the molecule is CCOC(=O)C(=O)c1c(C)c2ccc(F)cc2n1C(C)C. The van der Waals surface area contributed by atoms with E-state index in [-0.39, 0.29) is 24.2 Å². The molecule has 0 bridgehead atoms. The van der Waals surface area contributed by atoms with Gasteiger partial charge in [0.1, 0.15) is 11.5 Å². The Hall–Kier alpha value is -2.17. The second-order valence-corrected chi connectivity index (χ2v) is 5.15. The van der Waals surface area contributed by atoms with Gasteiger partial charge in [-0.25, -0.2) is 9.18 Å². The molecule has 0 aliphatic heterocycles. The van der Waals surface area contributed by atoms with Crippen molar-refractivity contribution < 1.29 is 18.7 Å². The number of aryl methyl sites for hydroxylation is 1. The summed E-state index contributed by atoms with van der Waals surface area (Å²) in [5, 5.41) is 0.762. The van der Waals surface area contributed by atoms with Gasteiger partial charge in [-0.3, -0.25) is 4.79 Å². The lowest BCUT2D eigenvalue weighted by Gasteiger charge is -2.14. The first kappa shape index (κ1) is 15.2. The summed E-state index contributed by atoms with van der Waals surface area (Å²) in [6.07, 6.45) is 0. The number of hydrogen-bond donors (Lipinski definition) is 0. The van der Waals surface area contributed by atoms with Crippen molar-refractivity contribution in [1.82, 2.24) is 4.57 Å². The van der Waals surface area contributed by atoms with E-state index in [0.717, 1.165) is 5.39 Å². The molecule has 1 heterocycles.